The van der Waals surface area contributed by atoms with Crippen LogP contribution in [0.1, 0.15) is 28.3 Å². The third kappa shape index (κ3) is 2.98. The number of rotatable bonds is 3. The molecule has 2 atom stereocenters. The van der Waals surface area contributed by atoms with Gasteiger partial charge in [0.05, 0.1) is 10.4 Å². The summed E-state index contributed by atoms with van der Waals surface area (Å²) in [5.74, 6) is -0.243. The lowest BCUT2D eigenvalue weighted by molar-refractivity contribution is -0.149. The third-order valence-electron chi connectivity index (χ3n) is 5.67. The highest BCUT2D eigenvalue weighted by Crippen LogP contribution is 2.58. The molecular weight excluding hydrogens is 420 g/mol. The molecule has 1 aromatic heterocycles. The van der Waals surface area contributed by atoms with Gasteiger partial charge in [-0.25, -0.2) is 0 Å². The highest BCUT2D eigenvalue weighted by molar-refractivity contribution is 7.99. The van der Waals surface area contributed by atoms with E-state index in [0.717, 1.165) is 38.1 Å². The number of anilines is 1. The van der Waals surface area contributed by atoms with Crippen molar-refractivity contribution in [1.82, 2.24) is 4.98 Å². The van der Waals surface area contributed by atoms with E-state index in [1.54, 1.807) is 6.07 Å². The second-order valence-corrected chi connectivity index (χ2v) is 9.55. The highest BCUT2D eigenvalue weighted by Gasteiger charge is 2.57. The molecule has 3 aromatic rings. The van der Waals surface area contributed by atoms with Gasteiger partial charge in [0.25, 0.3) is 0 Å². The van der Waals surface area contributed by atoms with Crippen molar-refractivity contribution < 1.29 is 14.3 Å². The van der Waals surface area contributed by atoms with Crippen LogP contribution in [0.4, 0.5) is 5.69 Å². The first-order valence-corrected chi connectivity index (χ1v) is 11.3. The molecule has 0 saturated carbocycles. The fourth-order valence-corrected chi connectivity index (χ4v) is 6.75. The van der Waals surface area contributed by atoms with E-state index in [0.29, 0.717) is 11.5 Å². The minimum Gasteiger partial charge on any atom is -0.426 e. The predicted octanol–water partition coefficient (Wildman–Crippen LogP) is 3.92. The summed E-state index contributed by atoms with van der Waals surface area (Å²) in [5, 5.41) is 3.71. The van der Waals surface area contributed by atoms with Gasteiger partial charge < -0.3 is 15.0 Å². The van der Waals surface area contributed by atoms with Crippen molar-refractivity contribution in [3.8, 4) is 5.75 Å². The molecule has 2 aliphatic heterocycles. The molecule has 1 amide bonds. The first-order chi connectivity index (χ1) is 14.5. The summed E-state index contributed by atoms with van der Waals surface area (Å²) in [6.45, 7) is 1.92. The molecule has 8 heteroatoms. The average Bonchev–Trinajstić information content (AvgIpc) is 3.10. The van der Waals surface area contributed by atoms with E-state index in [2.05, 4.69) is 10.3 Å². The van der Waals surface area contributed by atoms with E-state index in [4.69, 9.17) is 4.74 Å². The summed E-state index contributed by atoms with van der Waals surface area (Å²) in [5.41, 5.74) is 1.41. The molecule has 0 fully saturated rings. The Morgan fingerprint density at radius 1 is 1.20 bits per heavy atom. The number of nitrogens with one attached hydrogen (secondary N) is 2. The Morgan fingerprint density at radius 3 is 2.80 bits per heavy atom. The fraction of sp³-hybridized carbons (Fsp3) is 0.227. The monoisotopic (exact) mass is 438 g/mol. The zero-order chi connectivity index (χ0) is 20.9. The summed E-state index contributed by atoms with van der Waals surface area (Å²) >= 11 is 2.50. The minimum atomic E-state index is -1.08. The topological polar surface area (TPSA) is 88.3 Å². The number of thioether (sulfide) groups is 1. The van der Waals surface area contributed by atoms with Gasteiger partial charge in [0.2, 0.25) is 5.91 Å². The number of ether oxygens (including phenoxy) is 1. The maximum absolute atomic E-state index is 13.3. The molecule has 152 valence electrons. The zero-order valence-electron chi connectivity index (χ0n) is 16.1. The smallest absolute Gasteiger partial charge is 0.319 e. The molecule has 0 aliphatic carbocycles. The molecule has 5 rings (SSSR count). The number of aryl methyl sites for hydroxylation is 1. The summed E-state index contributed by atoms with van der Waals surface area (Å²) in [7, 11) is 0. The van der Waals surface area contributed by atoms with E-state index in [9.17, 15) is 14.4 Å². The summed E-state index contributed by atoms with van der Waals surface area (Å²) in [6, 6.07) is 14.9. The SMILES string of the molecule is Cc1ccccc1NC(=O)C[C@@]12CSc3[nH]c(=O)sc3[C@@H]1c1ccccc1OC2=O. The van der Waals surface area contributed by atoms with Gasteiger partial charge in [-0.3, -0.25) is 14.4 Å². The maximum atomic E-state index is 13.3. The first kappa shape index (κ1) is 19.1. The van der Waals surface area contributed by atoms with Crippen molar-refractivity contribution >= 4 is 40.7 Å². The summed E-state index contributed by atoms with van der Waals surface area (Å²) in [4.78, 5) is 41.9. The normalized spacial score (nSPS) is 21.8. The van der Waals surface area contributed by atoms with Crippen LogP contribution in [0.5, 0.6) is 5.75 Å². The summed E-state index contributed by atoms with van der Waals surface area (Å²) in [6.07, 6.45) is -0.0301. The van der Waals surface area contributed by atoms with Crippen LogP contribution in [-0.4, -0.2) is 22.6 Å². The van der Waals surface area contributed by atoms with Crippen molar-refractivity contribution in [3.05, 3.63) is 74.2 Å². The van der Waals surface area contributed by atoms with Crippen molar-refractivity contribution in [3.63, 3.8) is 0 Å². The number of hydrogen-bond donors (Lipinski definition) is 2. The standard InChI is InChI=1S/C22H18N2O4S2/c1-12-6-2-4-8-14(12)23-16(25)10-22-11-29-19-18(30-21(27)24-19)17(22)13-7-3-5-9-15(13)28-20(22)26/h2-9,17H,10-11H2,1H3,(H,23,25)(H,24,27)/t17-,22+/m0/s1. The average molecular weight is 439 g/mol. The van der Waals surface area contributed by atoms with Crippen LogP contribution < -0.4 is 14.9 Å². The van der Waals surface area contributed by atoms with Crippen LogP contribution in [0.25, 0.3) is 0 Å². The van der Waals surface area contributed by atoms with Crippen LogP contribution in [0.15, 0.2) is 58.4 Å². The Kier molecular flexibility index (Phi) is 4.56. The predicted molar refractivity (Wildman–Crippen MR) is 116 cm³/mol. The number of fused-ring (bicyclic) bond motifs is 5. The van der Waals surface area contributed by atoms with Crippen LogP contribution >= 0.6 is 23.1 Å². The molecule has 0 radical (unpaired) electrons. The number of hydrogen-bond acceptors (Lipinski definition) is 6. The molecule has 2 N–H and O–H groups in total. The van der Waals surface area contributed by atoms with E-state index in [-0.39, 0.29) is 17.2 Å². The Bertz CT molecular complexity index is 1230. The number of esters is 1. The molecule has 0 unspecified atom stereocenters. The number of para-hydroxylation sites is 2. The quantitative estimate of drug-likeness (QED) is 0.478. The lowest BCUT2D eigenvalue weighted by atomic mass is 9.68. The lowest BCUT2D eigenvalue weighted by Gasteiger charge is -2.44. The molecule has 2 aromatic carbocycles. The summed E-state index contributed by atoms with van der Waals surface area (Å²) < 4.78 is 5.69. The number of thiazole rings is 1. The maximum Gasteiger partial charge on any atom is 0.319 e. The van der Waals surface area contributed by atoms with Gasteiger partial charge in [-0.05, 0) is 24.6 Å². The third-order valence-corrected chi connectivity index (χ3v) is 8.01. The number of H-pyrrole nitrogens is 1. The van der Waals surface area contributed by atoms with Gasteiger partial charge in [-0.1, -0.05) is 47.7 Å². The van der Waals surface area contributed by atoms with Crippen molar-refractivity contribution in [2.24, 2.45) is 5.41 Å². The second kappa shape index (κ2) is 7.14. The number of carbonyl (C=O) groups is 2. The second-order valence-electron chi connectivity index (χ2n) is 7.55. The van der Waals surface area contributed by atoms with E-state index in [1.807, 2.05) is 49.4 Å². The number of benzene rings is 2. The van der Waals surface area contributed by atoms with Crippen molar-refractivity contribution in [2.45, 2.75) is 24.3 Å². The van der Waals surface area contributed by atoms with Crippen molar-refractivity contribution in [1.29, 1.82) is 0 Å². The molecule has 0 bridgehead atoms. The van der Waals surface area contributed by atoms with Gasteiger partial charge >= 0.3 is 10.8 Å². The largest absolute Gasteiger partial charge is 0.426 e. The zero-order valence-corrected chi connectivity index (χ0v) is 17.7. The Balaban J connectivity index is 1.58. The number of aromatic amines is 1. The number of amides is 1. The van der Waals surface area contributed by atoms with Crippen molar-refractivity contribution in [2.75, 3.05) is 11.1 Å². The number of carbonyl (C=O) groups excluding carboxylic acids is 2. The van der Waals surface area contributed by atoms with E-state index >= 15 is 0 Å². The fourth-order valence-electron chi connectivity index (χ4n) is 4.21. The molecule has 0 saturated heterocycles. The minimum absolute atomic E-state index is 0.0301. The molecule has 3 heterocycles. The van der Waals surface area contributed by atoms with Gasteiger partial charge in [0.15, 0.2) is 0 Å². The van der Waals surface area contributed by atoms with Gasteiger partial charge in [-0.15, -0.1) is 11.8 Å². The van der Waals surface area contributed by atoms with Crippen LogP contribution in [0.3, 0.4) is 0 Å². The van der Waals surface area contributed by atoms with Crippen LogP contribution in [0.2, 0.25) is 0 Å². The van der Waals surface area contributed by atoms with Gasteiger partial charge in [0.1, 0.15) is 5.75 Å². The van der Waals surface area contributed by atoms with Gasteiger partial charge in [-0.2, -0.15) is 0 Å². The van der Waals surface area contributed by atoms with E-state index in [1.165, 1.54) is 11.8 Å². The lowest BCUT2D eigenvalue weighted by Crippen LogP contribution is -2.49. The molecular formula is C22H18N2O4S2. The molecule has 6 nitrogen and oxygen atoms in total. The van der Waals surface area contributed by atoms with Crippen LogP contribution in [-0.2, 0) is 9.59 Å². The first-order valence-electron chi connectivity index (χ1n) is 9.50. The Labute approximate surface area is 180 Å². The van der Waals surface area contributed by atoms with Gasteiger partial charge in [0, 0.05) is 34.2 Å². The van der Waals surface area contributed by atoms with E-state index < -0.39 is 17.3 Å². The van der Waals surface area contributed by atoms with Crippen LogP contribution in [0, 0.1) is 12.3 Å². The Hall–Kier alpha value is -2.84. The molecule has 30 heavy (non-hydrogen) atoms. The highest BCUT2D eigenvalue weighted by atomic mass is 32.2. The molecule has 0 spiro atoms. The molecule has 2 aliphatic rings. The number of aromatic nitrogens is 1. The Morgan fingerprint density at radius 2 is 1.97 bits per heavy atom.